The van der Waals surface area contributed by atoms with Crippen molar-refractivity contribution in [3.05, 3.63) is 29.8 Å². The molecule has 1 fully saturated rings. The maximum atomic E-state index is 12.1. The summed E-state index contributed by atoms with van der Waals surface area (Å²) < 4.78 is 5.21. The number of phenols is 1. The van der Waals surface area contributed by atoms with Crippen molar-refractivity contribution in [2.24, 2.45) is 0 Å². The number of unbranched alkanes of at least 4 members (excludes halogenated alkanes) is 7. The van der Waals surface area contributed by atoms with Crippen LogP contribution in [0, 0.1) is 0 Å². The van der Waals surface area contributed by atoms with Crippen LogP contribution in [0.1, 0.15) is 96.0 Å². The Morgan fingerprint density at radius 1 is 0.971 bits per heavy atom. The molecule has 0 unspecified atom stereocenters. The number of esters is 1. The normalized spacial score (nSPS) is 17.1. The molecule has 0 bridgehead atoms. The number of carbonyl (C=O) groups excluding carboxylic acids is 1. The average Bonchev–Trinajstić information content (AvgIpc) is 2.83. The second kappa shape index (κ2) is 17.5. The monoisotopic (exact) mass is 526 g/mol. The fourth-order valence-corrected chi connectivity index (χ4v) is 7.94. The van der Waals surface area contributed by atoms with E-state index in [2.05, 4.69) is 6.92 Å². The fourth-order valence-electron chi connectivity index (χ4n) is 4.49. The largest absolute Gasteiger partial charge is 0.508 e. The van der Waals surface area contributed by atoms with Gasteiger partial charge in [0, 0.05) is 0 Å². The maximum Gasteiger partial charge on any atom is 0.308 e. The Hall–Kier alpha value is -0.890. The van der Waals surface area contributed by atoms with E-state index in [1.54, 1.807) is 12.1 Å². The lowest BCUT2D eigenvalue weighted by Crippen LogP contribution is -2.33. The number of aromatic hydroxyl groups is 1. The van der Waals surface area contributed by atoms with Gasteiger partial charge in [-0.05, 0) is 67.7 Å². The Labute approximate surface area is 220 Å². The first kappa shape index (κ1) is 30.3. The van der Waals surface area contributed by atoms with Gasteiger partial charge in [0.2, 0.25) is 0 Å². The summed E-state index contributed by atoms with van der Waals surface area (Å²) in [6, 6.07) is 7.31. The third-order valence-electron chi connectivity index (χ3n) is 6.50. The number of thioether (sulfide) groups is 2. The van der Waals surface area contributed by atoms with Crippen LogP contribution in [-0.4, -0.2) is 55.7 Å². The molecule has 0 spiro atoms. The number of ether oxygens (including phenoxy) is 1. The highest BCUT2D eigenvalue weighted by molar-refractivity contribution is 8.18. The van der Waals surface area contributed by atoms with Crippen LogP contribution >= 0.6 is 23.5 Å². The summed E-state index contributed by atoms with van der Waals surface area (Å²) in [7, 11) is 0. The number of hydrogen-bond acceptors (Lipinski definition) is 7. The summed E-state index contributed by atoms with van der Waals surface area (Å²) in [6.45, 7) is 2.63. The van der Waals surface area contributed by atoms with Crippen LogP contribution in [0.25, 0.3) is 0 Å². The molecule has 0 aromatic heterocycles. The summed E-state index contributed by atoms with van der Waals surface area (Å²) in [5.41, 5.74) is 1.17. The van der Waals surface area contributed by atoms with E-state index < -0.39 is 12.2 Å². The third-order valence-corrected chi connectivity index (χ3v) is 9.99. The Morgan fingerprint density at radius 2 is 1.60 bits per heavy atom. The van der Waals surface area contributed by atoms with Crippen molar-refractivity contribution in [1.82, 2.24) is 0 Å². The Kier molecular flexibility index (Phi) is 15.2. The lowest BCUT2D eigenvalue weighted by atomic mass is 10.0. The molecule has 1 saturated heterocycles. The van der Waals surface area contributed by atoms with Crippen LogP contribution < -0.4 is 0 Å². The van der Waals surface area contributed by atoms with Gasteiger partial charge in [-0.2, -0.15) is 0 Å². The summed E-state index contributed by atoms with van der Waals surface area (Å²) in [4.78, 5) is 12.1. The van der Waals surface area contributed by atoms with Gasteiger partial charge in [-0.3, -0.25) is 4.79 Å². The van der Waals surface area contributed by atoms with E-state index in [-0.39, 0.29) is 28.6 Å². The zero-order chi connectivity index (χ0) is 25.4. The first-order chi connectivity index (χ1) is 16.9. The predicted molar refractivity (Wildman–Crippen MR) is 148 cm³/mol. The van der Waals surface area contributed by atoms with E-state index in [4.69, 9.17) is 4.74 Å². The van der Waals surface area contributed by atoms with Gasteiger partial charge in [-0.15, -0.1) is 23.5 Å². The van der Waals surface area contributed by atoms with E-state index in [0.29, 0.717) is 13.0 Å². The van der Waals surface area contributed by atoms with Crippen molar-refractivity contribution in [2.75, 3.05) is 18.1 Å². The van der Waals surface area contributed by atoms with Crippen molar-refractivity contribution in [3.8, 4) is 5.75 Å². The second-order valence-corrected chi connectivity index (χ2v) is 13.0. The molecular weight excluding hydrogens is 480 g/mol. The summed E-state index contributed by atoms with van der Waals surface area (Å²) >= 11 is 3.81. The quantitative estimate of drug-likeness (QED) is 0.149. The lowest BCUT2D eigenvalue weighted by molar-refractivity contribution is -0.146. The number of aliphatic hydroxyl groups excluding tert-OH is 2. The second-order valence-electron chi connectivity index (χ2n) is 9.77. The van der Waals surface area contributed by atoms with Gasteiger partial charge < -0.3 is 20.1 Å². The highest BCUT2D eigenvalue weighted by atomic mass is 32.2. The van der Waals surface area contributed by atoms with Crippen LogP contribution in [0.2, 0.25) is 0 Å². The van der Waals surface area contributed by atoms with Crippen molar-refractivity contribution in [2.45, 2.75) is 113 Å². The number of phenolic OH excluding ortho intramolecular Hbond substituents is 1. The van der Waals surface area contributed by atoms with Gasteiger partial charge in [0.1, 0.15) is 5.75 Å². The minimum Gasteiger partial charge on any atom is -0.508 e. The molecular formula is C28H46O5S2. The van der Waals surface area contributed by atoms with Crippen molar-refractivity contribution in [1.29, 1.82) is 0 Å². The van der Waals surface area contributed by atoms with Gasteiger partial charge in [-0.1, -0.05) is 64.0 Å². The molecule has 1 aromatic carbocycles. The van der Waals surface area contributed by atoms with Crippen molar-refractivity contribution >= 4 is 29.5 Å². The Morgan fingerprint density at radius 3 is 2.26 bits per heavy atom. The number of hydrogen-bond donors (Lipinski definition) is 3. The van der Waals surface area contributed by atoms with Crippen LogP contribution in [0.5, 0.6) is 5.75 Å². The molecule has 0 saturated carbocycles. The van der Waals surface area contributed by atoms with Crippen LogP contribution in [0.4, 0.5) is 0 Å². The van der Waals surface area contributed by atoms with Gasteiger partial charge in [0.05, 0.1) is 29.3 Å². The van der Waals surface area contributed by atoms with Gasteiger partial charge in [-0.25, -0.2) is 0 Å². The zero-order valence-corrected chi connectivity index (χ0v) is 23.1. The topological polar surface area (TPSA) is 87.0 Å². The minimum absolute atomic E-state index is 0.0606. The number of rotatable bonds is 18. The first-order valence-corrected chi connectivity index (χ1v) is 15.5. The first-order valence-electron chi connectivity index (χ1n) is 13.5. The van der Waals surface area contributed by atoms with Crippen molar-refractivity contribution < 1.29 is 24.9 Å². The van der Waals surface area contributed by atoms with E-state index in [0.717, 1.165) is 37.2 Å². The maximum absolute atomic E-state index is 12.1. The molecule has 0 aliphatic carbocycles. The van der Waals surface area contributed by atoms with Crippen LogP contribution in [-0.2, 0) is 16.0 Å². The van der Waals surface area contributed by atoms with Crippen LogP contribution in [0.3, 0.4) is 0 Å². The Bertz CT molecular complexity index is 691. The highest BCUT2D eigenvalue weighted by Gasteiger charge is 2.36. The molecule has 1 aliphatic heterocycles. The van der Waals surface area contributed by atoms with E-state index in [1.807, 2.05) is 35.7 Å². The van der Waals surface area contributed by atoms with E-state index in [1.165, 1.54) is 50.5 Å². The number of aliphatic hydroxyl groups is 2. The Balaban J connectivity index is 1.66. The molecule has 5 nitrogen and oxygen atoms in total. The molecule has 200 valence electrons. The standard InChI is InChI=1S/C28H46O5S2/c1-2-3-4-5-6-7-8-9-17-33-27(32)21-25(30)20-26(31)22-28(34-18-10-19-35-28)16-15-23-11-13-24(29)14-12-23/h11-14,25-26,29-31H,2-10,15-22H2,1H3/t25-,26-/m1/s1. The summed E-state index contributed by atoms with van der Waals surface area (Å²) in [5, 5.41) is 30.7. The number of benzene rings is 1. The lowest BCUT2D eigenvalue weighted by Gasteiger charge is -2.38. The minimum atomic E-state index is -0.885. The smallest absolute Gasteiger partial charge is 0.308 e. The summed E-state index contributed by atoms with van der Waals surface area (Å²) in [6.07, 6.45) is 11.7. The average molecular weight is 527 g/mol. The molecule has 7 heteroatoms. The molecule has 2 atom stereocenters. The zero-order valence-electron chi connectivity index (χ0n) is 21.5. The summed E-state index contributed by atoms with van der Waals surface area (Å²) in [5.74, 6) is 2.04. The van der Waals surface area contributed by atoms with Gasteiger partial charge >= 0.3 is 5.97 Å². The van der Waals surface area contributed by atoms with Crippen LogP contribution in [0.15, 0.2) is 24.3 Å². The third kappa shape index (κ3) is 13.3. The molecule has 0 amide bonds. The molecule has 1 aliphatic rings. The molecule has 2 rings (SSSR count). The van der Waals surface area contributed by atoms with E-state index in [9.17, 15) is 20.1 Å². The van der Waals surface area contributed by atoms with Gasteiger partial charge in [0.15, 0.2) is 0 Å². The molecule has 3 N–H and O–H groups in total. The molecule has 1 heterocycles. The molecule has 0 radical (unpaired) electrons. The highest BCUT2D eigenvalue weighted by Crippen LogP contribution is 2.49. The fraction of sp³-hybridized carbons (Fsp3) is 0.750. The van der Waals surface area contributed by atoms with Gasteiger partial charge in [0.25, 0.3) is 0 Å². The number of aryl methyl sites for hydroxylation is 1. The van der Waals surface area contributed by atoms with E-state index >= 15 is 0 Å². The predicted octanol–water partition coefficient (Wildman–Crippen LogP) is 6.47. The molecule has 1 aromatic rings. The molecule has 35 heavy (non-hydrogen) atoms. The van der Waals surface area contributed by atoms with Crippen molar-refractivity contribution in [3.63, 3.8) is 0 Å². The number of carbonyl (C=O) groups is 1. The SMILES string of the molecule is CCCCCCCCCCOC(=O)C[C@H](O)C[C@@H](O)CC1(CCc2ccc(O)cc2)SCCCS1.